The number of benzene rings is 1. The summed E-state index contributed by atoms with van der Waals surface area (Å²) in [7, 11) is 5.59. The minimum Gasteiger partial charge on any atom is -0.492 e. The third kappa shape index (κ3) is 5.15. The zero-order valence-electron chi connectivity index (χ0n) is 20.0. The van der Waals surface area contributed by atoms with Crippen LogP contribution in [0.15, 0.2) is 30.5 Å². The number of ketones is 1. The number of Topliss-reactive ketones (excluding diaryl/α,β-unsaturated/α-hetero) is 1. The summed E-state index contributed by atoms with van der Waals surface area (Å²) in [6.07, 6.45) is 5.93. The molecule has 3 aromatic rings. The van der Waals surface area contributed by atoms with E-state index in [4.69, 9.17) is 21.3 Å². The van der Waals surface area contributed by atoms with Crippen LogP contribution in [0.2, 0.25) is 5.02 Å². The normalized spacial score (nSPS) is 18.3. The topological polar surface area (TPSA) is 67.3 Å². The van der Waals surface area contributed by atoms with E-state index in [-0.39, 0.29) is 22.6 Å². The Morgan fingerprint density at radius 3 is 2.59 bits per heavy atom. The van der Waals surface area contributed by atoms with Crippen LogP contribution >= 0.6 is 11.6 Å². The lowest BCUT2D eigenvalue weighted by Gasteiger charge is -2.31. The summed E-state index contributed by atoms with van der Waals surface area (Å²) in [6, 6.07) is 6.83. The molecule has 1 N–H and O–H groups in total. The first-order valence-corrected chi connectivity index (χ1v) is 11.9. The Bertz CT molecular complexity index is 1190. The number of nitrogens with zero attached hydrogens (tertiary/aromatic N) is 3. The average molecular weight is 485 g/mol. The van der Waals surface area contributed by atoms with Gasteiger partial charge in [0.15, 0.2) is 17.3 Å². The fourth-order valence-corrected chi connectivity index (χ4v) is 5.04. The maximum absolute atomic E-state index is 14.5. The van der Waals surface area contributed by atoms with Crippen molar-refractivity contribution in [2.45, 2.75) is 38.6 Å². The van der Waals surface area contributed by atoms with Crippen molar-refractivity contribution in [2.75, 3.05) is 33.1 Å². The second kappa shape index (κ2) is 10.2. The number of hydrogen-bond acceptors (Lipinski definition) is 6. The number of hydrogen-bond donors (Lipinski definition) is 1. The lowest BCUT2D eigenvalue weighted by Crippen LogP contribution is -2.31. The molecule has 4 rings (SSSR count). The molecular weight excluding hydrogens is 455 g/mol. The summed E-state index contributed by atoms with van der Waals surface area (Å²) in [5.41, 5.74) is 3.51. The highest BCUT2D eigenvalue weighted by molar-refractivity contribution is 6.32. The number of rotatable bonds is 7. The SMILES string of the molecule is COc1c(F)cc(-c2ccc3ncc(C(C)=O)c(N[C@H]4CC[C@H](CN(C)C)CC4)c3n2)cc1Cl. The van der Waals surface area contributed by atoms with E-state index < -0.39 is 5.82 Å². The van der Waals surface area contributed by atoms with Crippen molar-refractivity contribution in [3.05, 3.63) is 46.9 Å². The molecule has 1 aliphatic carbocycles. The number of halogens is 2. The Labute approximate surface area is 204 Å². The Hall–Kier alpha value is -2.77. The molecule has 0 spiro atoms. The summed E-state index contributed by atoms with van der Waals surface area (Å²) in [4.78, 5) is 23.9. The van der Waals surface area contributed by atoms with Gasteiger partial charge in [0, 0.05) is 24.3 Å². The second-order valence-corrected chi connectivity index (χ2v) is 9.67. The third-order valence-electron chi connectivity index (χ3n) is 6.41. The van der Waals surface area contributed by atoms with Gasteiger partial charge in [0.05, 0.1) is 34.6 Å². The molecule has 2 aromatic heterocycles. The molecule has 1 aromatic carbocycles. The van der Waals surface area contributed by atoms with E-state index >= 15 is 0 Å². The van der Waals surface area contributed by atoms with E-state index in [0.717, 1.165) is 32.2 Å². The molecule has 8 heteroatoms. The highest BCUT2D eigenvalue weighted by atomic mass is 35.5. The van der Waals surface area contributed by atoms with Gasteiger partial charge in [-0.15, -0.1) is 0 Å². The number of carbonyl (C=O) groups excluding carboxylic acids is 1. The summed E-state index contributed by atoms with van der Waals surface area (Å²) < 4.78 is 19.5. The average Bonchev–Trinajstić information content (AvgIpc) is 2.79. The highest BCUT2D eigenvalue weighted by Gasteiger charge is 2.24. The van der Waals surface area contributed by atoms with Gasteiger partial charge in [-0.05, 0) is 76.9 Å². The number of carbonyl (C=O) groups is 1. The molecule has 1 fully saturated rings. The first-order chi connectivity index (χ1) is 16.3. The lowest BCUT2D eigenvalue weighted by molar-refractivity contribution is 0.101. The van der Waals surface area contributed by atoms with Crippen molar-refractivity contribution in [3.8, 4) is 17.0 Å². The van der Waals surface area contributed by atoms with Crippen LogP contribution in [-0.4, -0.2) is 54.4 Å². The number of aromatic nitrogens is 2. The van der Waals surface area contributed by atoms with E-state index in [1.807, 2.05) is 6.07 Å². The molecule has 0 unspecified atom stereocenters. The van der Waals surface area contributed by atoms with E-state index in [2.05, 4.69) is 29.3 Å². The van der Waals surface area contributed by atoms with Crippen molar-refractivity contribution >= 4 is 34.1 Å². The van der Waals surface area contributed by atoms with Gasteiger partial charge in [0.2, 0.25) is 0 Å². The summed E-state index contributed by atoms with van der Waals surface area (Å²) in [6.45, 7) is 2.62. The summed E-state index contributed by atoms with van der Waals surface area (Å²) >= 11 is 6.21. The monoisotopic (exact) mass is 484 g/mol. The van der Waals surface area contributed by atoms with Gasteiger partial charge in [-0.1, -0.05) is 11.6 Å². The zero-order chi connectivity index (χ0) is 24.4. The van der Waals surface area contributed by atoms with Crippen LogP contribution in [0.4, 0.5) is 10.1 Å². The number of anilines is 1. The van der Waals surface area contributed by atoms with Gasteiger partial charge in [0.25, 0.3) is 0 Å². The van der Waals surface area contributed by atoms with Gasteiger partial charge < -0.3 is 15.0 Å². The molecule has 2 heterocycles. The van der Waals surface area contributed by atoms with Crippen molar-refractivity contribution in [2.24, 2.45) is 5.92 Å². The minimum absolute atomic E-state index is 0.000960. The van der Waals surface area contributed by atoms with Crippen LogP contribution in [-0.2, 0) is 0 Å². The Morgan fingerprint density at radius 2 is 1.97 bits per heavy atom. The standard InChI is InChI=1S/C26H30ClFN4O2/c1-15(33)19-13-29-23-10-9-22(17-11-20(27)26(34-4)21(28)12-17)31-25(23)24(19)30-18-7-5-16(6-8-18)14-32(2)3/h9-13,16,18H,5-8,14H2,1-4H3,(H,29,30)/t16-,18-. The first-order valence-electron chi connectivity index (χ1n) is 11.5. The molecule has 180 valence electrons. The summed E-state index contributed by atoms with van der Waals surface area (Å²) in [5.74, 6) is 0.0483. The summed E-state index contributed by atoms with van der Waals surface area (Å²) in [5, 5.41) is 3.78. The van der Waals surface area contributed by atoms with Crippen LogP contribution in [0.25, 0.3) is 22.3 Å². The molecule has 0 atom stereocenters. The smallest absolute Gasteiger partial charge is 0.173 e. The molecule has 1 saturated carbocycles. The quantitative estimate of drug-likeness (QED) is 0.425. The Kier molecular flexibility index (Phi) is 7.33. The molecule has 1 aliphatic rings. The molecule has 0 bridgehead atoms. The fourth-order valence-electron chi connectivity index (χ4n) is 4.75. The maximum Gasteiger partial charge on any atom is 0.173 e. The molecular formula is C26H30ClFN4O2. The van der Waals surface area contributed by atoms with Crippen LogP contribution in [0, 0.1) is 11.7 Å². The first kappa shape index (κ1) is 24.4. The molecule has 0 radical (unpaired) electrons. The highest BCUT2D eigenvalue weighted by Crippen LogP contribution is 2.35. The predicted octanol–water partition coefficient (Wildman–Crippen LogP) is 5.83. The predicted molar refractivity (Wildman–Crippen MR) is 134 cm³/mol. The molecule has 0 aliphatic heterocycles. The van der Waals surface area contributed by atoms with Crippen molar-refractivity contribution in [1.29, 1.82) is 0 Å². The molecule has 0 saturated heterocycles. The third-order valence-corrected chi connectivity index (χ3v) is 6.69. The van der Waals surface area contributed by atoms with E-state index in [1.54, 1.807) is 18.3 Å². The van der Waals surface area contributed by atoms with E-state index in [9.17, 15) is 9.18 Å². The number of pyridine rings is 2. The Balaban J connectivity index is 1.71. The van der Waals surface area contributed by atoms with Crippen LogP contribution < -0.4 is 10.1 Å². The van der Waals surface area contributed by atoms with Crippen molar-refractivity contribution in [1.82, 2.24) is 14.9 Å². The molecule has 6 nitrogen and oxygen atoms in total. The lowest BCUT2D eigenvalue weighted by atomic mass is 9.85. The largest absolute Gasteiger partial charge is 0.492 e. The Morgan fingerprint density at radius 1 is 1.24 bits per heavy atom. The minimum atomic E-state index is -0.560. The van der Waals surface area contributed by atoms with Crippen LogP contribution in [0.5, 0.6) is 5.75 Å². The number of methoxy groups -OCH3 is 1. The maximum atomic E-state index is 14.5. The van der Waals surface area contributed by atoms with Gasteiger partial charge in [-0.2, -0.15) is 0 Å². The van der Waals surface area contributed by atoms with Crippen molar-refractivity contribution < 1.29 is 13.9 Å². The van der Waals surface area contributed by atoms with Gasteiger partial charge in [0.1, 0.15) is 5.52 Å². The number of ether oxygens (including phenoxy) is 1. The second-order valence-electron chi connectivity index (χ2n) is 9.26. The number of nitrogens with one attached hydrogen (secondary N) is 1. The van der Waals surface area contributed by atoms with Crippen LogP contribution in [0.3, 0.4) is 0 Å². The van der Waals surface area contributed by atoms with Gasteiger partial charge >= 0.3 is 0 Å². The number of fused-ring (bicyclic) bond motifs is 1. The van der Waals surface area contributed by atoms with E-state index in [1.165, 1.54) is 20.1 Å². The van der Waals surface area contributed by atoms with Gasteiger partial charge in [-0.3, -0.25) is 9.78 Å². The van der Waals surface area contributed by atoms with Crippen molar-refractivity contribution in [3.63, 3.8) is 0 Å². The molecule has 34 heavy (non-hydrogen) atoms. The zero-order valence-corrected chi connectivity index (χ0v) is 20.7. The molecule has 0 amide bonds. The van der Waals surface area contributed by atoms with Gasteiger partial charge in [-0.25, -0.2) is 9.37 Å². The van der Waals surface area contributed by atoms with E-state index in [0.29, 0.717) is 39.5 Å². The fraction of sp³-hybridized carbons (Fsp3) is 0.423. The van der Waals surface area contributed by atoms with Crippen LogP contribution in [0.1, 0.15) is 43.0 Å².